The van der Waals surface area contributed by atoms with Crippen molar-refractivity contribution >= 4 is 11.5 Å². The van der Waals surface area contributed by atoms with Crippen LogP contribution < -0.4 is 9.64 Å². The normalized spacial score (nSPS) is 21.5. The van der Waals surface area contributed by atoms with Crippen LogP contribution in [0, 0.1) is 11.3 Å². The fourth-order valence-corrected chi connectivity index (χ4v) is 2.89. The Kier molecular flexibility index (Phi) is 3.83. The zero-order chi connectivity index (χ0) is 14.0. The van der Waals surface area contributed by atoms with Gasteiger partial charge in [0.15, 0.2) is 0 Å². The lowest BCUT2D eigenvalue weighted by atomic mass is 9.89. The second-order valence-corrected chi connectivity index (χ2v) is 6.04. The number of rotatable bonds is 4. The van der Waals surface area contributed by atoms with E-state index in [4.69, 9.17) is 4.74 Å². The molecule has 0 radical (unpaired) electrons. The first kappa shape index (κ1) is 13.9. The minimum Gasteiger partial charge on any atom is -0.495 e. The number of Topliss-reactive ketones (excluding diaryl/α,β-unsaturated/α-hetero) is 1. The van der Waals surface area contributed by atoms with Crippen LogP contribution in [0.3, 0.4) is 0 Å². The van der Waals surface area contributed by atoms with Crippen molar-refractivity contribution in [1.29, 1.82) is 0 Å². The van der Waals surface area contributed by atoms with Crippen LogP contribution in [0.1, 0.15) is 26.7 Å². The third-order valence-corrected chi connectivity index (χ3v) is 4.15. The number of anilines is 1. The quantitative estimate of drug-likeness (QED) is 0.834. The van der Waals surface area contributed by atoms with Crippen LogP contribution in [0.4, 0.5) is 5.69 Å². The first-order valence-corrected chi connectivity index (χ1v) is 6.84. The zero-order valence-electron chi connectivity index (χ0n) is 12.3. The fourth-order valence-electron chi connectivity index (χ4n) is 2.89. The summed E-state index contributed by atoms with van der Waals surface area (Å²) in [6.45, 7) is 4.87. The summed E-state index contributed by atoms with van der Waals surface area (Å²) in [6.07, 6.45) is 1.99. The first-order chi connectivity index (χ1) is 8.95. The highest BCUT2D eigenvalue weighted by molar-refractivity contribution is 5.88. The molecule has 3 nitrogen and oxygen atoms in total. The van der Waals surface area contributed by atoms with Crippen LogP contribution in [0.2, 0.25) is 0 Å². The Hall–Kier alpha value is -1.51. The summed E-state index contributed by atoms with van der Waals surface area (Å²) in [5.74, 6) is 1.40. The van der Waals surface area contributed by atoms with Gasteiger partial charge in [-0.25, -0.2) is 0 Å². The van der Waals surface area contributed by atoms with Gasteiger partial charge in [-0.15, -0.1) is 0 Å². The van der Waals surface area contributed by atoms with Crippen LogP contribution in [0.5, 0.6) is 5.75 Å². The number of para-hydroxylation sites is 2. The fraction of sp³-hybridized carbons (Fsp3) is 0.562. The standard InChI is InChI=1S/C16H23NO2/c1-16(2)10-9-12(15(16)18)11-17(3)13-7-5-6-8-14(13)19-4/h5-8,12H,9-11H2,1-4H3. The Morgan fingerprint density at radius 1 is 1.37 bits per heavy atom. The van der Waals surface area contributed by atoms with E-state index in [1.807, 2.05) is 31.3 Å². The molecule has 0 N–H and O–H groups in total. The SMILES string of the molecule is COc1ccccc1N(C)CC1CCC(C)(C)C1=O. The van der Waals surface area contributed by atoms with E-state index in [-0.39, 0.29) is 11.3 Å². The number of ether oxygens (including phenoxy) is 1. The molecule has 104 valence electrons. The van der Waals surface area contributed by atoms with Gasteiger partial charge in [0, 0.05) is 24.9 Å². The number of methoxy groups -OCH3 is 1. The topological polar surface area (TPSA) is 29.5 Å². The maximum atomic E-state index is 12.3. The van der Waals surface area contributed by atoms with E-state index in [1.165, 1.54) is 0 Å². The number of ketones is 1. The van der Waals surface area contributed by atoms with E-state index < -0.39 is 0 Å². The van der Waals surface area contributed by atoms with Crippen LogP contribution in [-0.2, 0) is 4.79 Å². The van der Waals surface area contributed by atoms with E-state index in [9.17, 15) is 4.79 Å². The molecule has 0 heterocycles. The number of carbonyl (C=O) groups excluding carboxylic acids is 1. The van der Waals surface area contributed by atoms with Crippen molar-refractivity contribution in [3.05, 3.63) is 24.3 Å². The van der Waals surface area contributed by atoms with Gasteiger partial charge < -0.3 is 9.64 Å². The van der Waals surface area contributed by atoms with Gasteiger partial charge in [-0.2, -0.15) is 0 Å². The number of nitrogens with zero attached hydrogens (tertiary/aromatic N) is 1. The van der Waals surface area contributed by atoms with Crippen LogP contribution in [0.15, 0.2) is 24.3 Å². The van der Waals surface area contributed by atoms with Gasteiger partial charge in [0.05, 0.1) is 12.8 Å². The minimum absolute atomic E-state index is 0.143. The van der Waals surface area contributed by atoms with Crippen molar-refractivity contribution in [2.75, 3.05) is 25.6 Å². The molecule has 2 rings (SSSR count). The van der Waals surface area contributed by atoms with E-state index in [0.717, 1.165) is 30.8 Å². The molecule has 0 spiro atoms. The lowest BCUT2D eigenvalue weighted by Crippen LogP contribution is -2.31. The molecule has 1 aromatic carbocycles. The van der Waals surface area contributed by atoms with Crippen LogP contribution >= 0.6 is 0 Å². The molecule has 1 aromatic rings. The monoisotopic (exact) mass is 261 g/mol. The van der Waals surface area contributed by atoms with Crippen molar-refractivity contribution in [3.63, 3.8) is 0 Å². The molecule has 0 aromatic heterocycles. The molecule has 1 aliphatic rings. The maximum Gasteiger partial charge on any atom is 0.143 e. The van der Waals surface area contributed by atoms with E-state index >= 15 is 0 Å². The summed E-state index contributed by atoms with van der Waals surface area (Å²) < 4.78 is 5.37. The predicted octanol–water partition coefficient (Wildman–Crippen LogP) is 3.14. The number of carbonyl (C=O) groups is 1. The Morgan fingerprint density at radius 3 is 2.63 bits per heavy atom. The molecular formula is C16H23NO2. The smallest absolute Gasteiger partial charge is 0.143 e. The molecule has 1 aliphatic carbocycles. The van der Waals surface area contributed by atoms with Crippen molar-refractivity contribution in [3.8, 4) is 5.75 Å². The van der Waals surface area contributed by atoms with E-state index in [1.54, 1.807) is 7.11 Å². The summed E-state index contributed by atoms with van der Waals surface area (Å²) in [5.41, 5.74) is 0.897. The Balaban J connectivity index is 2.10. The predicted molar refractivity (Wildman–Crippen MR) is 77.8 cm³/mol. The average Bonchev–Trinajstić information content (AvgIpc) is 2.65. The molecule has 0 aliphatic heterocycles. The van der Waals surface area contributed by atoms with Gasteiger partial charge in [-0.1, -0.05) is 26.0 Å². The Morgan fingerprint density at radius 2 is 2.05 bits per heavy atom. The molecule has 19 heavy (non-hydrogen) atoms. The first-order valence-electron chi connectivity index (χ1n) is 6.84. The third kappa shape index (κ3) is 2.75. The second-order valence-electron chi connectivity index (χ2n) is 6.04. The van der Waals surface area contributed by atoms with Crippen LogP contribution in [-0.4, -0.2) is 26.5 Å². The molecule has 0 saturated heterocycles. The Labute approximate surface area is 115 Å². The highest BCUT2D eigenvalue weighted by Crippen LogP contribution is 2.38. The van der Waals surface area contributed by atoms with Gasteiger partial charge in [0.25, 0.3) is 0 Å². The van der Waals surface area contributed by atoms with Crippen molar-refractivity contribution < 1.29 is 9.53 Å². The molecule has 1 atom stereocenters. The third-order valence-electron chi connectivity index (χ3n) is 4.15. The van der Waals surface area contributed by atoms with Gasteiger partial charge >= 0.3 is 0 Å². The number of benzene rings is 1. The highest BCUT2D eigenvalue weighted by atomic mass is 16.5. The van der Waals surface area contributed by atoms with Gasteiger partial charge in [-0.3, -0.25) is 4.79 Å². The number of hydrogen-bond acceptors (Lipinski definition) is 3. The highest BCUT2D eigenvalue weighted by Gasteiger charge is 2.40. The van der Waals surface area contributed by atoms with E-state index in [0.29, 0.717) is 5.78 Å². The lowest BCUT2D eigenvalue weighted by Gasteiger charge is -2.25. The summed E-state index contributed by atoms with van der Waals surface area (Å²) in [7, 11) is 3.70. The molecule has 0 amide bonds. The molecular weight excluding hydrogens is 238 g/mol. The van der Waals surface area contributed by atoms with Crippen molar-refractivity contribution in [2.45, 2.75) is 26.7 Å². The summed E-state index contributed by atoms with van der Waals surface area (Å²) in [5, 5.41) is 0. The Bertz CT molecular complexity index is 468. The van der Waals surface area contributed by atoms with E-state index in [2.05, 4.69) is 18.7 Å². The van der Waals surface area contributed by atoms with Gasteiger partial charge in [0.2, 0.25) is 0 Å². The molecule has 3 heteroatoms. The summed E-state index contributed by atoms with van der Waals surface area (Å²) >= 11 is 0. The second kappa shape index (κ2) is 5.24. The zero-order valence-corrected chi connectivity index (χ0v) is 12.3. The van der Waals surface area contributed by atoms with Crippen LogP contribution in [0.25, 0.3) is 0 Å². The summed E-state index contributed by atoms with van der Waals surface area (Å²) in [4.78, 5) is 14.4. The molecule has 1 saturated carbocycles. The largest absolute Gasteiger partial charge is 0.495 e. The lowest BCUT2D eigenvalue weighted by molar-refractivity contribution is -0.127. The molecule has 0 bridgehead atoms. The maximum absolute atomic E-state index is 12.3. The molecule has 1 fully saturated rings. The van der Waals surface area contributed by atoms with Gasteiger partial charge in [-0.05, 0) is 25.0 Å². The van der Waals surface area contributed by atoms with Gasteiger partial charge in [0.1, 0.15) is 11.5 Å². The van der Waals surface area contributed by atoms with Crippen molar-refractivity contribution in [1.82, 2.24) is 0 Å². The average molecular weight is 261 g/mol. The minimum atomic E-state index is -0.147. The summed E-state index contributed by atoms with van der Waals surface area (Å²) in [6, 6.07) is 7.93. The number of hydrogen-bond donors (Lipinski definition) is 0. The molecule has 1 unspecified atom stereocenters. The van der Waals surface area contributed by atoms with Crippen molar-refractivity contribution in [2.24, 2.45) is 11.3 Å².